The van der Waals surface area contributed by atoms with Crippen molar-refractivity contribution >= 4 is 23.3 Å². The monoisotopic (exact) mass is 322 g/mol. The van der Waals surface area contributed by atoms with E-state index in [-0.39, 0.29) is 12.0 Å². The van der Waals surface area contributed by atoms with E-state index < -0.39 is 5.97 Å². The van der Waals surface area contributed by atoms with Crippen LogP contribution in [0.2, 0.25) is 0 Å². The summed E-state index contributed by atoms with van der Waals surface area (Å²) in [7, 11) is 0. The van der Waals surface area contributed by atoms with Crippen LogP contribution >= 0.6 is 11.8 Å². The number of allylic oxidation sites excluding steroid dienone is 1. The van der Waals surface area contributed by atoms with Crippen LogP contribution in [-0.4, -0.2) is 33.4 Å². The van der Waals surface area contributed by atoms with Crippen LogP contribution in [0.1, 0.15) is 44.6 Å². The van der Waals surface area contributed by atoms with Gasteiger partial charge < -0.3 is 9.84 Å². The van der Waals surface area contributed by atoms with E-state index in [1.807, 2.05) is 13.2 Å². The molecular formula is C16H22N2O3S. The number of carboxylic acid groups (broad SMARTS) is 1. The Morgan fingerprint density at radius 3 is 2.77 bits per heavy atom. The predicted molar refractivity (Wildman–Crippen MR) is 87.1 cm³/mol. The van der Waals surface area contributed by atoms with Crippen molar-refractivity contribution in [2.45, 2.75) is 50.2 Å². The highest BCUT2D eigenvalue weighted by atomic mass is 32.2. The minimum absolute atomic E-state index is 0.00653. The quantitative estimate of drug-likeness (QED) is 0.507. The Kier molecular flexibility index (Phi) is 5.83. The molecule has 1 N–H and O–H groups in total. The van der Waals surface area contributed by atoms with Crippen molar-refractivity contribution in [3.63, 3.8) is 0 Å². The van der Waals surface area contributed by atoms with E-state index in [1.54, 1.807) is 0 Å². The Hall–Kier alpha value is -1.56. The summed E-state index contributed by atoms with van der Waals surface area (Å²) in [6.45, 7) is 5.91. The summed E-state index contributed by atoms with van der Waals surface area (Å²) in [5, 5.41) is 10.0. The second-order valence-electron chi connectivity index (χ2n) is 5.63. The van der Waals surface area contributed by atoms with Crippen LogP contribution in [0.4, 0.5) is 0 Å². The number of aromatic nitrogens is 2. The summed E-state index contributed by atoms with van der Waals surface area (Å²) in [6, 6.07) is 0. The summed E-state index contributed by atoms with van der Waals surface area (Å²) in [6.07, 6.45) is 7.32. The number of carboxylic acids is 1. The second kappa shape index (κ2) is 7.63. The van der Waals surface area contributed by atoms with E-state index in [1.165, 1.54) is 18.1 Å². The van der Waals surface area contributed by atoms with Crippen LogP contribution in [0.5, 0.6) is 5.88 Å². The van der Waals surface area contributed by atoms with Gasteiger partial charge in [0.15, 0.2) is 0 Å². The summed E-state index contributed by atoms with van der Waals surface area (Å²) in [4.78, 5) is 19.6. The van der Waals surface area contributed by atoms with Crippen molar-refractivity contribution < 1.29 is 14.6 Å². The van der Waals surface area contributed by atoms with Gasteiger partial charge in [-0.15, -0.1) is 11.8 Å². The number of hydrogen-bond donors (Lipinski definition) is 1. The summed E-state index contributed by atoms with van der Waals surface area (Å²) in [5.41, 5.74) is 1.73. The first-order valence-corrected chi connectivity index (χ1v) is 8.69. The van der Waals surface area contributed by atoms with Crippen LogP contribution < -0.4 is 4.74 Å². The van der Waals surface area contributed by atoms with Gasteiger partial charge in [-0.3, -0.25) is 4.79 Å². The highest BCUT2D eigenvalue weighted by Crippen LogP contribution is 2.33. The number of rotatable bonds is 5. The maximum absolute atomic E-state index is 11.1. The number of hydrogen-bond acceptors (Lipinski definition) is 5. The normalized spacial score (nSPS) is 21.9. The highest BCUT2D eigenvalue weighted by molar-refractivity contribution is 7.98. The van der Waals surface area contributed by atoms with Crippen LogP contribution in [-0.2, 0) is 4.79 Å². The molecule has 2 unspecified atom stereocenters. The summed E-state index contributed by atoms with van der Waals surface area (Å²) >= 11 is 1.54. The summed E-state index contributed by atoms with van der Waals surface area (Å²) in [5.74, 6) is -0.387. The highest BCUT2D eigenvalue weighted by Gasteiger charge is 2.25. The van der Waals surface area contributed by atoms with Gasteiger partial charge in [-0.1, -0.05) is 6.58 Å². The van der Waals surface area contributed by atoms with E-state index >= 15 is 0 Å². The predicted octanol–water partition coefficient (Wildman–Crippen LogP) is 3.64. The molecule has 120 valence electrons. The molecule has 1 aromatic heterocycles. The molecule has 1 saturated carbocycles. The van der Waals surface area contributed by atoms with Gasteiger partial charge in [0.05, 0.1) is 11.5 Å². The van der Waals surface area contributed by atoms with E-state index in [0.29, 0.717) is 12.3 Å². The standard InChI is InChI=1S/C16H22N2O3S/c1-10(2)13-14(17-9-18-15(13)22-3)21-12-6-4-5-11(7-8-12)16(19)20/h9,11-12H,1,4-8H2,2-3H3,(H,19,20). The van der Waals surface area contributed by atoms with Gasteiger partial charge >= 0.3 is 5.97 Å². The Bertz CT molecular complexity index is 562. The maximum atomic E-state index is 11.1. The molecule has 0 spiro atoms. The van der Waals surface area contributed by atoms with Crippen molar-refractivity contribution in [2.75, 3.05) is 6.26 Å². The van der Waals surface area contributed by atoms with Crippen LogP contribution in [0.3, 0.4) is 0 Å². The molecule has 0 radical (unpaired) electrons. The van der Waals surface area contributed by atoms with E-state index in [2.05, 4.69) is 16.5 Å². The molecule has 1 aliphatic rings. The molecule has 2 atom stereocenters. The van der Waals surface area contributed by atoms with Crippen molar-refractivity contribution in [1.29, 1.82) is 0 Å². The van der Waals surface area contributed by atoms with Gasteiger partial charge in [0.1, 0.15) is 17.5 Å². The molecule has 22 heavy (non-hydrogen) atoms. The number of thioether (sulfide) groups is 1. The molecule has 1 aromatic rings. The fourth-order valence-electron chi connectivity index (χ4n) is 2.75. The number of aliphatic carboxylic acids is 1. The molecule has 1 heterocycles. The smallest absolute Gasteiger partial charge is 0.306 e. The van der Waals surface area contributed by atoms with Crippen LogP contribution in [0, 0.1) is 5.92 Å². The lowest BCUT2D eigenvalue weighted by molar-refractivity contribution is -0.142. The van der Waals surface area contributed by atoms with Crippen LogP contribution in [0.15, 0.2) is 17.9 Å². The van der Waals surface area contributed by atoms with Gasteiger partial charge in [-0.05, 0) is 50.9 Å². The lowest BCUT2D eigenvalue weighted by Crippen LogP contribution is -2.18. The van der Waals surface area contributed by atoms with Gasteiger partial charge in [-0.2, -0.15) is 0 Å². The third-order valence-corrected chi connectivity index (χ3v) is 4.64. The molecule has 0 bridgehead atoms. The molecule has 0 aromatic carbocycles. The average molecular weight is 322 g/mol. The van der Waals surface area contributed by atoms with Gasteiger partial charge in [0.2, 0.25) is 5.88 Å². The largest absolute Gasteiger partial charge is 0.481 e. The zero-order chi connectivity index (χ0) is 16.1. The Balaban J connectivity index is 2.14. The molecule has 0 saturated heterocycles. The number of nitrogens with zero attached hydrogens (tertiary/aromatic N) is 2. The number of ether oxygens (including phenoxy) is 1. The molecule has 5 nitrogen and oxygen atoms in total. The zero-order valence-electron chi connectivity index (χ0n) is 13.0. The molecule has 1 aliphatic carbocycles. The Morgan fingerprint density at radius 1 is 1.36 bits per heavy atom. The summed E-state index contributed by atoms with van der Waals surface area (Å²) < 4.78 is 6.08. The SMILES string of the molecule is C=C(C)c1c(OC2CCCC(C(=O)O)CC2)ncnc1SC. The van der Waals surface area contributed by atoms with E-state index in [4.69, 9.17) is 9.84 Å². The molecule has 1 fully saturated rings. The topological polar surface area (TPSA) is 72.3 Å². The van der Waals surface area contributed by atoms with E-state index in [0.717, 1.165) is 41.8 Å². The van der Waals surface area contributed by atoms with Gasteiger partial charge in [0.25, 0.3) is 0 Å². The third kappa shape index (κ3) is 4.00. The lowest BCUT2D eigenvalue weighted by atomic mass is 10.0. The molecule has 0 aliphatic heterocycles. The Morgan fingerprint density at radius 2 is 2.14 bits per heavy atom. The fourth-order valence-corrected chi connectivity index (χ4v) is 3.37. The molecular weight excluding hydrogens is 300 g/mol. The van der Waals surface area contributed by atoms with Gasteiger partial charge in [-0.25, -0.2) is 9.97 Å². The molecule has 2 rings (SSSR count). The fraction of sp³-hybridized carbons (Fsp3) is 0.562. The second-order valence-corrected chi connectivity index (χ2v) is 6.42. The van der Waals surface area contributed by atoms with Crippen molar-refractivity contribution in [1.82, 2.24) is 9.97 Å². The molecule has 0 amide bonds. The van der Waals surface area contributed by atoms with Crippen LogP contribution in [0.25, 0.3) is 5.57 Å². The first-order valence-electron chi connectivity index (χ1n) is 7.47. The minimum atomic E-state index is -0.699. The first-order chi connectivity index (χ1) is 10.5. The lowest BCUT2D eigenvalue weighted by Gasteiger charge is -2.19. The zero-order valence-corrected chi connectivity index (χ0v) is 13.9. The number of carbonyl (C=O) groups is 1. The van der Waals surface area contributed by atoms with Gasteiger partial charge in [0, 0.05) is 0 Å². The third-order valence-electron chi connectivity index (χ3n) is 3.94. The van der Waals surface area contributed by atoms with Crippen molar-refractivity contribution in [3.8, 4) is 5.88 Å². The van der Waals surface area contributed by atoms with Crippen molar-refractivity contribution in [3.05, 3.63) is 18.5 Å². The molecule has 6 heteroatoms. The van der Waals surface area contributed by atoms with Crippen molar-refractivity contribution in [2.24, 2.45) is 5.92 Å². The minimum Gasteiger partial charge on any atom is -0.481 e. The average Bonchev–Trinajstić information content (AvgIpc) is 2.72. The van der Waals surface area contributed by atoms with E-state index in [9.17, 15) is 4.79 Å². The Labute approximate surface area is 135 Å². The first kappa shape index (κ1) is 16.8. The maximum Gasteiger partial charge on any atom is 0.306 e.